The third-order valence-electron chi connectivity index (χ3n) is 5.01. The summed E-state index contributed by atoms with van der Waals surface area (Å²) >= 11 is 0. The van der Waals surface area contributed by atoms with Gasteiger partial charge in [-0.1, -0.05) is 0 Å². The Balaban J connectivity index is 1.44. The van der Waals surface area contributed by atoms with Crippen LogP contribution in [0.5, 0.6) is 17.2 Å². The van der Waals surface area contributed by atoms with Gasteiger partial charge in [-0.2, -0.15) is 8.78 Å². The van der Waals surface area contributed by atoms with Gasteiger partial charge in [-0.25, -0.2) is 4.99 Å². The van der Waals surface area contributed by atoms with Crippen LogP contribution in [0.25, 0.3) is 0 Å². The Morgan fingerprint density at radius 2 is 2.10 bits per heavy atom. The van der Waals surface area contributed by atoms with E-state index in [0.717, 1.165) is 18.8 Å². The average Bonchev–Trinajstić information content (AvgIpc) is 3.52. The molecule has 168 valence electrons. The molecule has 1 atom stereocenters. The first-order valence-electron chi connectivity index (χ1n) is 10.2. The number of rotatable bonds is 9. The zero-order chi connectivity index (χ0) is 21.5. The highest BCUT2D eigenvalue weighted by Crippen LogP contribution is 2.39. The molecule has 1 unspecified atom stereocenters. The number of aliphatic imine (C=N–C) groups is 1. The Morgan fingerprint density at radius 1 is 1.23 bits per heavy atom. The second-order valence-corrected chi connectivity index (χ2v) is 7.22. The minimum absolute atomic E-state index is 0.0159. The quantitative estimate of drug-likeness (QED) is 0.461. The molecule has 2 aliphatic heterocycles. The fourth-order valence-electron chi connectivity index (χ4n) is 3.38. The minimum Gasteiger partial charge on any atom is -0.469 e. The molecule has 1 saturated heterocycles. The van der Waals surface area contributed by atoms with Crippen LogP contribution >= 0.6 is 0 Å². The normalized spacial score (nSPS) is 17.9. The van der Waals surface area contributed by atoms with E-state index in [1.807, 2.05) is 12.1 Å². The van der Waals surface area contributed by atoms with Gasteiger partial charge in [-0.15, -0.1) is 0 Å². The fraction of sp³-hybridized carbons (Fsp3) is 0.476. The van der Waals surface area contributed by atoms with Crippen LogP contribution in [0.3, 0.4) is 0 Å². The summed E-state index contributed by atoms with van der Waals surface area (Å²) in [5.74, 6) is 2.70. The Morgan fingerprint density at radius 3 is 2.84 bits per heavy atom. The zero-order valence-electron chi connectivity index (χ0n) is 16.9. The summed E-state index contributed by atoms with van der Waals surface area (Å²) in [6.45, 7) is -0.0147. The SMILES string of the molecule is FC(F)Oc1cc2c(cc1CN=C(NCCc1ccco1)NCC1CCOC1)OCO2. The van der Waals surface area contributed by atoms with E-state index < -0.39 is 6.61 Å². The predicted molar refractivity (Wildman–Crippen MR) is 108 cm³/mol. The van der Waals surface area contributed by atoms with Crippen LogP contribution in [0.4, 0.5) is 8.78 Å². The molecule has 0 radical (unpaired) electrons. The molecular formula is C21H25F2N3O5. The third kappa shape index (κ3) is 6.00. The second kappa shape index (κ2) is 10.3. The van der Waals surface area contributed by atoms with Crippen LogP contribution in [0.2, 0.25) is 0 Å². The Hall–Kier alpha value is -3.01. The largest absolute Gasteiger partial charge is 0.469 e. The number of hydrogen-bond acceptors (Lipinski definition) is 6. The second-order valence-electron chi connectivity index (χ2n) is 7.22. The molecule has 1 aromatic heterocycles. The van der Waals surface area contributed by atoms with Crippen molar-refractivity contribution in [2.24, 2.45) is 10.9 Å². The summed E-state index contributed by atoms with van der Waals surface area (Å²) in [7, 11) is 0. The van der Waals surface area contributed by atoms with E-state index in [0.29, 0.717) is 55.1 Å². The highest BCUT2D eigenvalue weighted by molar-refractivity contribution is 5.79. The van der Waals surface area contributed by atoms with Gasteiger partial charge in [0.1, 0.15) is 11.5 Å². The molecule has 2 N–H and O–H groups in total. The van der Waals surface area contributed by atoms with Gasteiger partial charge in [0, 0.05) is 43.7 Å². The molecule has 31 heavy (non-hydrogen) atoms. The molecule has 2 aromatic rings. The van der Waals surface area contributed by atoms with E-state index in [-0.39, 0.29) is 19.1 Å². The summed E-state index contributed by atoms with van der Waals surface area (Å²) in [6.07, 6.45) is 3.30. The lowest BCUT2D eigenvalue weighted by molar-refractivity contribution is -0.0505. The number of nitrogens with one attached hydrogen (secondary N) is 2. The summed E-state index contributed by atoms with van der Waals surface area (Å²) in [6, 6.07) is 6.77. The number of halogens is 2. The van der Waals surface area contributed by atoms with Crippen LogP contribution in [0, 0.1) is 5.92 Å². The van der Waals surface area contributed by atoms with Crippen molar-refractivity contribution in [2.45, 2.75) is 26.0 Å². The average molecular weight is 437 g/mol. The van der Waals surface area contributed by atoms with E-state index >= 15 is 0 Å². The van der Waals surface area contributed by atoms with Crippen molar-refractivity contribution in [3.63, 3.8) is 0 Å². The van der Waals surface area contributed by atoms with Crippen LogP contribution in [-0.4, -0.2) is 45.7 Å². The van der Waals surface area contributed by atoms with E-state index in [1.54, 1.807) is 12.3 Å². The lowest BCUT2D eigenvalue weighted by Gasteiger charge is -2.16. The van der Waals surface area contributed by atoms with Crippen molar-refractivity contribution in [3.8, 4) is 17.2 Å². The topological polar surface area (TPSA) is 86.5 Å². The van der Waals surface area contributed by atoms with Gasteiger partial charge in [0.2, 0.25) is 6.79 Å². The maximum atomic E-state index is 12.9. The monoisotopic (exact) mass is 437 g/mol. The molecule has 0 spiro atoms. The zero-order valence-corrected chi connectivity index (χ0v) is 16.9. The summed E-state index contributed by atoms with van der Waals surface area (Å²) in [4.78, 5) is 4.57. The summed E-state index contributed by atoms with van der Waals surface area (Å²) in [5.41, 5.74) is 0.473. The molecular weight excluding hydrogens is 412 g/mol. The van der Waals surface area contributed by atoms with Crippen molar-refractivity contribution in [1.29, 1.82) is 0 Å². The number of nitrogens with zero attached hydrogens (tertiary/aromatic N) is 1. The molecule has 0 aliphatic carbocycles. The molecule has 0 saturated carbocycles. The third-order valence-corrected chi connectivity index (χ3v) is 5.01. The van der Waals surface area contributed by atoms with Gasteiger partial charge < -0.3 is 34.0 Å². The highest BCUT2D eigenvalue weighted by atomic mass is 19.3. The van der Waals surface area contributed by atoms with Crippen molar-refractivity contribution < 1.29 is 32.1 Å². The van der Waals surface area contributed by atoms with Gasteiger partial charge in [-0.05, 0) is 24.6 Å². The highest BCUT2D eigenvalue weighted by Gasteiger charge is 2.20. The fourth-order valence-corrected chi connectivity index (χ4v) is 3.38. The van der Waals surface area contributed by atoms with Crippen molar-refractivity contribution >= 4 is 5.96 Å². The lowest BCUT2D eigenvalue weighted by atomic mass is 10.1. The first-order valence-corrected chi connectivity index (χ1v) is 10.2. The van der Waals surface area contributed by atoms with Crippen molar-refractivity contribution in [3.05, 3.63) is 41.9 Å². The number of guanidine groups is 1. The smallest absolute Gasteiger partial charge is 0.387 e. The maximum absolute atomic E-state index is 12.9. The van der Waals surface area contributed by atoms with Crippen LogP contribution < -0.4 is 24.8 Å². The van der Waals surface area contributed by atoms with E-state index in [2.05, 4.69) is 20.4 Å². The van der Waals surface area contributed by atoms with Gasteiger partial charge in [0.15, 0.2) is 17.5 Å². The van der Waals surface area contributed by atoms with Gasteiger partial charge in [0.05, 0.1) is 19.4 Å². The first kappa shape index (κ1) is 21.2. The van der Waals surface area contributed by atoms with Crippen LogP contribution in [-0.2, 0) is 17.7 Å². The van der Waals surface area contributed by atoms with E-state index in [1.165, 1.54) is 6.07 Å². The van der Waals surface area contributed by atoms with Crippen LogP contribution in [0.1, 0.15) is 17.7 Å². The standard InChI is InChI=1S/C21H25F2N3O5/c22-20(23)31-17-9-19-18(29-13-30-19)8-15(17)11-26-21(25-10-14-4-7-27-12-14)24-5-3-16-2-1-6-28-16/h1-2,6,8-9,14,20H,3-5,7,10-13H2,(H2,24,25,26). The molecule has 4 rings (SSSR count). The molecule has 1 aromatic carbocycles. The molecule has 10 heteroatoms. The Bertz CT molecular complexity index is 870. The molecule has 1 fully saturated rings. The number of alkyl halides is 2. The van der Waals surface area contributed by atoms with Gasteiger partial charge in [-0.3, -0.25) is 0 Å². The lowest BCUT2D eigenvalue weighted by Crippen LogP contribution is -2.40. The summed E-state index contributed by atoms with van der Waals surface area (Å²) < 4.78 is 51.8. The minimum atomic E-state index is -2.95. The van der Waals surface area contributed by atoms with E-state index in [4.69, 9.17) is 18.6 Å². The number of ether oxygens (including phenoxy) is 4. The maximum Gasteiger partial charge on any atom is 0.387 e. The number of fused-ring (bicyclic) bond motifs is 1. The van der Waals surface area contributed by atoms with Gasteiger partial charge in [0.25, 0.3) is 0 Å². The molecule has 8 nitrogen and oxygen atoms in total. The summed E-state index contributed by atoms with van der Waals surface area (Å²) in [5, 5.41) is 6.57. The van der Waals surface area contributed by atoms with Gasteiger partial charge >= 0.3 is 6.61 Å². The van der Waals surface area contributed by atoms with E-state index in [9.17, 15) is 8.78 Å². The van der Waals surface area contributed by atoms with Crippen molar-refractivity contribution in [2.75, 3.05) is 33.1 Å². The number of hydrogen-bond donors (Lipinski definition) is 2. The first-order chi connectivity index (χ1) is 15.2. The molecule has 3 heterocycles. The van der Waals surface area contributed by atoms with Crippen molar-refractivity contribution in [1.82, 2.24) is 10.6 Å². The van der Waals surface area contributed by atoms with Crippen LogP contribution in [0.15, 0.2) is 39.9 Å². The Labute approximate surface area is 178 Å². The number of furan rings is 1. The molecule has 0 amide bonds. The molecule has 2 aliphatic rings. The molecule has 0 bridgehead atoms. The predicted octanol–water partition coefficient (Wildman–Crippen LogP) is 2.92. The number of benzene rings is 1. The Kier molecular flexibility index (Phi) is 7.08.